The van der Waals surface area contributed by atoms with Crippen LogP contribution < -0.4 is 0 Å². The molecular formula is C9H16N2O. The molecule has 68 valence electrons. The molecule has 0 bridgehead atoms. The van der Waals surface area contributed by atoms with Crippen molar-refractivity contribution in [2.75, 3.05) is 0 Å². The highest BCUT2D eigenvalue weighted by molar-refractivity contribution is 5.27. The second-order valence-corrected chi connectivity index (χ2v) is 3.11. The molecule has 0 aliphatic carbocycles. The normalized spacial score (nSPS) is 10.6. The summed E-state index contributed by atoms with van der Waals surface area (Å²) < 4.78 is 1.67. The van der Waals surface area contributed by atoms with E-state index in [2.05, 4.69) is 12.0 Å². The van der Waals surface area contributed by atoms with Crippen molar-refractivity contribution >= 4 is 0 Å². The van der Waals surface area contributed by atoms with Crippen LogP contribution in [0.1, 0.15) is 31.0 Å². The summed E-state index contributed by atoms with van der Waals surface area (Å²) in [5.74, 6) is 0.320. The molecule has 0 aliphatic heterocycles. The second kappa shape index (κ2) is 3.61. The number of nitrogens with zero attached hydrogens (tertiary/aromatic N) is 2. The summed E-state index contributed by atoms with van der Waals surface area (Å²) in [6.07, 6.45) is 2.19. The van der Waals surface area contributed by atoms with E-state index in [0.29, 0.717) is 5.88 Å². The van der Waals surface area contributed by atoms with Crippen molar-refractivity contribution in [3.63, 3.8) is 0 Å². The number of rotatable bonds is 3. The number of aryl methyl sites for hydroxylation is 2. The van der Waals surface area contributed by atoms with Gasteiger partial charge in [-0.25, -0.2) is 4.68 Å². The summed E-state index contributed by atoms with van der Waals surface area (Å²) in [7, 11) is 0. The predicted molar refractivity (Wildman–Crippen MR) is 48.3 cm³/mol. The third-order valence-electron chi connectivity index (χ3n) is 2.12. The van der Waals surface area contributed by atoms with Crippen molar-refractivity contribution < 1.29 is 5.11 Å². The van der Waals surface area contributed by atoms with E-state index in [0.717, 1.165) is 30.6 Å². The van der Waals surface area contributed by atoms with Gasteiger partial charge in [0.25, 0.3) is 0 Å². The van der Waals surface area contributed by atoms with Crippen LogP contribution in [0.15, 0.2) is 0 Å². The Hall–Kier alpha value is -0.990. The van der Waals surface area contributed by atoms with Gasteiger partial charge in [-0.2, -0.15) is 5.10 Å². The first kappa shape index (κ1) is 9.10. The van der Waals surface area contributed by atoms with E-state index >= 15 is 0 Å². The van der Waals surface area contributed by atoms with E-state index in [-0.39, 0.29) is 0 Å². The van der Waals surface area contributed by atoms with E-state index < -0.39 is 0 Å². The standard InChI is InChI=1S/C9H16N2O/c1-4-5-6-11-9(12)7(2)8(3)10-11/h12H,4-6H2,1-3H3. The molecule has 0 amide bonds. The fourth-order valence-corrected chi connectivity index (χ4v) is 1.12. The van der Waals surface area contributed by atoms with Gasteiger partial charge in [0.15, 0.2) is 0 Å². The molecule has 0 atom stereocenters. The van der Waals surface area contributed by atoms with E-state index in [1.165, 1.54) is 0 Å². The number of hydrogen-bond donors (Lipinski definition) is 1. The summed E-state index contributed by atoms with van der Waals surface area (Å²) in [5, 5.41) is 13.8. The fourth-order valence-electron chi connectivity index (χ4n) is 1.12. The molecule has 0 aromatic carbocycles. The van der Waals surface area contributed by atoms with Crippen LogP contribution in [0, 0.1) is 13.8 Å². The number of unbranched alkanes of at least 4 members (excludes halogenated alkanes) is 1. The lowest BCUT2D eigenvalue weighted by Gasteiger charge is -2.00. The molecule has 1 rings (SSSR count). The SMILES string of the molecule is CCCCn1nc(C)c(C)c1O. The van der Waals surface area contributed by atoms with E-state index in [1.54, 1.807) is 4.68 Å². The van der Waals surface area contributed by atoms with Crippen LogP contribution in [0.3, 0.4) is 0 Å². The minimum atomic E-state index is 0.320. The average Bonchev–Trinajstić information content (AvgIpc) is 2.30. The Morgan fingerprint density at radius 3 is 2.50 bits per heavy atom. The topological polar surface area (TPSA) is 38.0 Å². The zero-order chi connectivity index (χ0) is 9.14. The van der Waals surface area contributed by atoms with Gasteiger partial charge >= 0.3 is 0 Å². The molecule has 0 spiro atoms. The van der Waals surface area contributed by atoms with Crippen molar-refractivity contribution in [1.82, 2.24) is 9.78 Å². The predicted octanol–water partition coefficient (Wildman–Crippen LogP) is 2.01. The molecule has 3 nitrogen and oxygen atoms in total. The third-order valence-corrected chi connectivity index (χ3v) is 2.12. The first-order valence-electron chi connectivity index (χ1n) is 4.39. The Bertz CT molecular complexity index is 266. The first-order chi connectivity index (χ1) is 5.66. The van der Waals surface area contributed by atoms with Crippen LogP contribution >= 0.6 is 0 Å². The van der Waals surface area contributed by atoms with Crippen LogP contribution in [-0.4, -0.2) is 14.9 Å². The number of aromatic nitrogens is 2. The minimum absolute atomic E-state index is 0.320. The molecule has 0 saturated carbocycles. The molecular weight excluding hydrogens is 152 g/mol. The van der Waals surface area contributed by atoms with Crippen molar-refractivity contribution in [2.24, 2.45) is 0 Å². The van der Waals surface area contributed by atoms with E-state index in [4.69, 9.17) is 0 Å². The van der Waals surface area contributed by atoms with Crippen molar-refractivity contribution in [3.8, 4) is 5.88 Å². The molecule has 0 saturated heterocycles. The zero-order valence-electron chi connectivity index (χ0n) is 7.96. The highest BCUT2D eigenvalue weighted by Crippen LogP contribution is 2.19. The van der Waals surface area contributed by atoms with E-state index in [1.807, 2.05) is 13.8 Å². The van der Waals surface area contributed by atoms with Gasteiger partial charge in [-0.1, -0.05) is 13.3 Å². The number of hydrogen-bond acceptors (Lipinski definition) is 2. The van der Waals surface area contributed by atoms with Crippen molar-refractivity contribution in [1.29, 1.82) is 0 Å². The lowest BCUT2D eigenvalue weighted by atomic mass is 10.3. The van der Waals surface area contributed by atoms with Crippen LogP contribution in [0.2, 0.25) is 0 Å². The molecule has 3 heteroatoms. The second-order valence-electron chi connectivity index (χ2n) is 3.11. The summed E-state index contributed by atoms with van der Waals surface area (Å²) in [5.41, 5.74) is 1.81. The summed E-state index contributed by atoms with van der Waals surface area (Å²) in [6.45, 7) is 6.74. The first-order valence-corrected chi connectivity index (χ1v) is 4.39. The van der Waals surface area contributed by atoms with E-state index in [9.17, 15) is 5.11 Å². The quantitative estimate of drug-likeness (QED) is 0.749. The molecule has 0 radical (unpaired) electrons. The van der Waals surface area contributed by atoms with Crippen LogP contribution in [0.4, 0.5) is 0 Å². The zero-order valence-corrected chi connectivity index (χ0v) is 7.96. The van der Waals surface area contributed by atoms with Crippen LogP contribution in [0.5, 0.6) is 5.88 Å². The molecule has 0 fully saturated rings. The maximum atomic E-state index is 9.55. The summed E-state index contributed by atoms with van der Waals surface area (Å²) in [6, 6.07) is 0. The van der Waals surface area contributed by atoms with Gasteiger partial charge < -0.3 is 5.11 Å². The molecule has 1 N–H and O–H groups in total. The van der Waals surface area contributed by atoms with Gasteiger partial charge in [-0.15, -0.1) is 0 Å². The Balaban J connectivity index is 2.79. The van der Waals surface area contributed by atoms with Crippen LogP contribution in [-0.2, 0) is 6.54 Å². The Labute approximate surface area is 73.0 Å². The maximum Gasteiger partial charge on any atom is 0.212 e. The maximum absolute atomic E-state index is 9.55. The molecule has 1 heterocycles. The third kappa shape index (κ3) is 1.60. The molecule has 0 aliphatic rings. The molecule has 1 aromatic rings. The smallest absolute Gasteiger partial charge is 0.212 e. The highest BCUT2D eigenvalue weighted by Gasteiger charge is 2.08. The van der Waals surface area contributed by atoms with Gasteiger partial charge in [0, 0.05) is 12.1 Å². The molecule has 12 heavy (non-hydrogen) atoms. The average molecular weight is 168 g/mol. The Morgan fingerprint density at radius 1 is 1.42 bits per heavy atom. The van der Waals surface area contributed by atoms with Gasteiger partial charge in [-0.3, -0.25) is 0 Å². The Kier molecular flexibility index (Phi) is 2.74. The van der Waals surface area contributed by atoms with Crippen molar-refractivity contribution in [2.45, 2.75) is 40.2 Å². The fraction of sp³-hybridized carbons (Fsp3) is 0.667. The number of aromatic hydroxyl groups is 1. The van der Waals surface area contributed by atoms with Crippen molar-refractivity contribution in [3.05, 3.63) is 11.3 Å². The largest absolute Gasteiger partial charge is 0.493 e. The Morgan fingerprint density at radius 2 is 2.08 bits per heavy atom. The summed E-state index contributed by atoms with van der Waals surface area (Å²) in [4.78, 5) is 0. The monoisotopic (exact) mass is 168 g/mol. The summed E-state index contributed by atoms with van der Waals surface area (Å²) >= 11 is 0. The van der Waals surface area contributed by atoms with Gasteiger partial charge in [-0.05, 0) is 20.3 Å². The highest BCUT2D eigenvalue weighted by atomic mass is 16.3. The van der Waals surface area contributed by atoms with Gasteiger partial charge in [0.05, 0.1) is 5.69 Å². The lowest BCUT2D eigenvalue weighted by molar-refractivity contribution is 0.391. The van der Waals surface area contributed by atoms with Gasteiger partial charge in [0.1, 0.15) is 0 Å². The minimum Gasteiger partial charge on any atom is -0.493 e. The van der Waals surface area contributed by atoms with Gasteiger partial charge in [0.2, 0.25) is 5.88 Å². The lowest BCUT2D eigenvalue weighted by Crippen LogP contribution is -1.99. The van der Waals surface area contributed by atoms with Crippen LogP contribution in [0.25, 0.3) is 0 Å². The molecule has 0 unspecified atom stereocenters. The molecule has 1 aromatic heterocycles.